The number of carboxylic acids is 1. The minimum atomic E-state index is -1.45. The molecule has 0 fully saturated rings. The lowest BCUT2D eigenvalue weighted by molar-refractivity contribution is -0.138. The highest BCUT2D eigenvalue weighted by Crippen LogP contribution is 2.29. The number of urea groups is 1. The number of rotatable bonds is 6. The van der Waals surface area contributed by atoms with Crippen LogP contribution in [-0.4, -0.2) is 46.8 Å². The van der Waals surface area contributed by atoms with Gasteiger partial charge in [-0.3, -0.25) is 14.4 Å². The Kier molecular flexibility index (Phi) is 6.67. The van der Waals surface area contributed by atoms with E-state index in [1.807, 2.05) is 0 Å². The molecule has 9 heteroatoms. The molecular formula is C23H22FN3O5. The van der Waals surface area contributed by atoms with Gasteiger partial charge in [-0.15, -0.1) is 0 Å². The molecule has 0 aliphatic carbocycles. The van der Waals surface area contributed by atoms with Crippen LogP contribution in [0.3, 0.4) is 0 Å². The van der Waals surface area contributed by atoms with Gasteiger partial charge in [0.25, 0.3) is 5.91 Å². The number of nitrogens with one attached hydrogen (secondary N) is 2. The Balaban J connectivity index is 1.85. The molecular weight excluding hydrogens is 417 g/mol. The quantitative estimate of drug-likeness (QED) is 0.599. The number of nitrogens with zero attached hydrogens (tertiary/aromatic N) is 1. The van der Waals surface area contributed by atoms with Crippen LogP contribution >= 0.6 is 0 Å². The molecule has 2 aromatic rings. The maximum absolute atomic E-state index is 15.3. The van der Waals surface area contributed by atoms with E-state index in [0.29, 0.717) is 11.3 Å². The second-order valence-electron chi connectivity index (χ2n) is 7.36. The fourth-order valence-electron chi connectivity index (χ4n) is 3.41. The third kappa shape index (κ3) is 4.83. The number of benzene rings is 2. The lowest BCUT2D eigenvalue weighted by Gasteiger charge is -2.28. The molecule has 32 heavy (non-hydrogen) atoms. The maximum Gasteiger partial charge on any atom is 0.316 e. The fraction of sp³-hybridized carbons (Fsp3) is 0.217. The number of amides is 3. The van der Waals surface area contributed by atoms with Crippen molar-refractivity contribution in [1.29, 1.82) is 0 Å². The van der Waals surface area contributed by atoms with Crippen molar-refractivity contribution >= 4 is 23.7 Å². The first-order valence-corrected chi connectivity index (χ1v) is 9.81. The fourth-order valence-corrected chi connectivity index (χ4v) is 3.41. The first-order valence-electron chi connectivity index (χ1n) is 9.81. The van der Waals surface area contributed by atoms with E-state index in [2.05, 4.69) is 10.6 Å². The molecule has 3 rings (SSSR count). The summed E-state index contributed by atoms with van der Waals surface area (Å²) in [5, 5.41) is 13.9. The summed E-state index contributed by atoms with van der Waals surface area (Å²) in [4.78, 5) is 49.7. The Hall–Kier alpha value is -4.01. The number of carbonyl (C=O) groups excluding carboxylic acids is 3. The summed E-state index contributed by atoms with van der Waals surface area (Å²) in [6, 6.07) is 9.53. The van der Waals surface area contributed by atoms with Crippen LogP contribution in [-0.2, 0) is 14.4 Å². The Morgan fingerprint density at radius 3 is 2.47 bits per heavy atom. The average molecular weight is 439 g/mol. The van der Waals surface area contributed by atoms with Crippen molar-refractivity contribution < 1.29 is 28.7 Å². The standard InChI is InChI=1S/C23H22FN3O5/c1-13-11-18(28)21(22(31)27(13)2)26-23(32)25-17(12-19(29)30)16-10-6-9-15(20(16)24)14-7-4-3-5-8-14/h3-11,17,21H,12H2,1-2H3,(H,29,30)(H2,25,26,32)/t17-,21?/m0/s1. The van der Waals surface area contributed by atoms with Crippen molar-refractivity contribution in [2.24, 2.45) is 0 Å². The maximum atomic E-state index is 15.3. The molecule has 2 atom stereocenters. The number of aliphatic carboxylic acids is 1. The Labute approximate surface area is 183 Å². The van der Waals surface area contributed by atoms with Gasteiger partial charge in [-0.1, -0.05) is 48.5 Å². The highest BCUT2D eigenvalue weighted by Gasteiger charge is 2.35. The van der Waals surface area contributed by atoms with E-state index in [1.54, 1.807) is 49.4 Å². The third-order valence-corrected chi connectivity index (χ3v) is 5.19. The molecule has 3 N–H and O–H groups in total. The van der Waals surface area contributed by atoms with Gasteiger partial charge in [0.2, 0.25) is 0 Å². The molecule has 0 aromatic heterocycles. The van der Waals surface area contributed by atoms with Crippen LogP contribution in [0.1, 0.15) is 24.9 Å². The second kappa shape index (κ2) is 9.42. The topological polar surface area (TPSA) is 116 Å². The predicted molar refractivity (Wildman–Crippen MR) is 114 cm³/mol. The first-order chi connectivity index (χ1) is 15.2. The van der Waals surface area contributed by atoms with Crippen LogP contribution in [0.2, 0.25) is 0 Å². The van der Waals surface area contributed by atoms with Crippen LogP contribution in [0.15, 0.2) is 60.3 Å². The molecule has 0 radical (unpaired) electrons. The van der Waals surface area contributed by atoms with Crippen LogP contribution in [0.4, 0.5) is 9.18 Å². The minimum absolute atomic E-state index is 0.0296. The number of hydrogen-bond donors (Lipinski definition) is 3. The molecule has 1 aliphatic rings. The largest absolute Gasteiger partial charge is 0.481 e. The molecule has 1 aliphatic heterocycles. The van der Waals surface area contributed by atoms with Crippen molar-refractivity contribution in [1.82, 2.24) is 15.5 Å². The van der Waals surface area contributed by atoms with E-state index in [4.69, 9.17) is 0 Å². The van der Waals surface area contributed by atoms with Crippen molar-refractivity contribution in [2.75, 3.05) is 7.05 Å². The average Bonchev–Trinajstić information content (AvgIpc) is 2.75. The summed E-state index contributed by atoms with van der Waals surface area (Å²) >= 11 is 0. The van der Waals surface area contributed by atoms with Crippen molar-refractivity contribution in [3.63, 3.8) is 0 Å². The highest BCUT2D eigenvalue weighted by molar-refractivity contribution is 6.14. The van der Waals surface area contributed by atoms with Crippen molar-refractivity contribution in [2.45, 2.75) is 25.4 Å². The van der Waals surface area contributed by atoms with Gasteiger partial charge in [-0.25, -0.2) is 9.18 Å². The molecule has 0 saturated heterocycles. The zero-order chi connectivity index (χ0) is 23.4. The van der Waals surface area contributed by atoms with Crippen LogP contribution in [0, 0.1) is 5.82 Å². The summed E-state index contributed by atoms with van der Waals surface area (Å²) < 4.78 is 15.3. The Morgan fingerprint density at radius 1 is 1.12 bits per heavy atom. The summed E-state index contributed by atoms with van der Waals surface area (Å²) in [6.07, 6.45) is 0.623. The number of ketones is 1. The lowest BCUT2D eigenvalue weighted by atomic mass is 9.96. The van der Waals surface area contributed by atoms with Gasteiger partial charge in [0, 0.05) is 29.9 Å². The van der Waals surface area contributed by atoms with E-state index >= 15 is 4.39 Å². The summed E-state index contributed by atoms with van der Waals surface area (Å²) in [5.74, 6) is -3.17. The summed E-state index contributed by atoms with van der Waals surface area (Å²) in [6.45, 7) is 1.58. The van der Waals surface area contributed by atoms with Gasteiger partial charge in [-0.2, -0.15) is 0 Å². The highest BCUT2D eigenvalue weighted by atomic mass is 19.1. The number of carboxylic acid groups (broad SMARTS) is 1. The van der Waals surface area contributed by atoms with Crippen LogP contribution in [0.25, 0.3) is 11.1 Å². The van der Waals surface area contributed by atoms with Gasteiger partial charge in [0.05, 0.1) is 12.5 Å². The van der Waals surface area contributed by atoms with Crippen LogP contribution < -0.4 is 10.6 Å². The van der Waals surface area contributed by atoms with Crippen LogP contribution in [0.5, 0.6) is 0 Å². The molecule has 0 spiro atoms. The minimum Gasteiger partial charge on any atom is -0.481 e. The summed E-state index contributed by atoms with van der Waals surface area (Å²) in [7, 11) is 1.46. The molecule has 2 aromatic carbocycles. The molecule has 166 valence electrons. The summed E-state index contributed by atoms with van der Waals surface area (Å²) in [5.41, 5.74) is 1.25. The third-order valence-electron chi connectivity index (χ3n) is 5.19. The van der Waals surface area contributed by atoms with Gasteiger partial charge >= 0.3 is 12.0 Å². The normalized spacial score (nSPS) is 16.9. The first kappa shape index (κ1) is 22.7. The van der Waals surface area contributed by atoms with Gasteiger partial charge in [0.15, 0.2) is 11.8 Å². The molecule has 1 unspecified atom stereocenters. The van der Waals surface area contributed by atoms with Gasteiger partial charge in [0.1, 0.15) is 5.82 Å². The Bertz CT molecular complexity index is 1100. The Morgan fingerprint density at radius 2 is 1.81 bits per heavy atom. The SMILES string of the molecule is CC1=CC(=O)C(NC(=O)N[C@@H](CC(=O)O)c2cccc(-c3ccccc3)c2F)C(=O)N1C. The van der Waals surface area contributed by atoms with Crippen molar-refractivity contribution in [3.8, 4) is 11.1 Å². The molecule has 0 bridgehead atoms. The number of allylic oxidation sites excluding steroid dienone is 1. The molecule has 1 heterocycles. The van der Waals surface area contributed by atoms with Crippen molar-refractivity contribution in [3.05, 3.63) is 71.7 Å². The monoisotopic (exact) mass is 439 g/mol. The molecule has 0 saturated carbocycles. The van der Waals surface area contributed by atoms with Gasteiger partial charge in [-0.05, 0) is 12.5 Å². The van der Waals surface area contributed by atoms with Gasteiger partial charge < -0.3 is 20.6 Å². The zero-order valence-corrected chi connectivity index (χ0v) is 17.5. The number of likely N-dealkylation sites (N-methyl/N-ethyl adjacent to an activating group) is 1. The number of hydrogen-bond acceptors (Lipinski definition) is 4. The number of halogens is 1. The molecule has 3 amide bonds. The lowest BCUT2D eigenvalue weighted by Crippen LogP contribution is -2.56. The van der Waals surface area contributed by atoms with E-state index in [-0.39, 0.29) is 11.1 Å². The predicted octanol–water partition coefficient (Wildman–Crippen LogP) is 2.62. The van der Waals surface area contributed by atoms with E-state index < -0.39 is 48.0 Å². The number of carbonyl (C=O) groups is 4. The van der Waals surface area contributed by atoms with E-state index in [9.17, 15) is 24.3 Å². The zero-order valence-electron chi connectivity index (χ0n) is 17.5. The van der Waals surface area contributed by atoms with E-state index in [1.165, 1.54) is 24.1 Å². The second-order valence-corrected chi connectivity index (χ2v) is 7.36. The molecule has 8 nitrogen and oxygen atoms in total. The van der Waals surface area contributed by atoms with E-state index in [0.717, 1.165) is 0 Å². The smallest absolute Gasteiger partial charge is 0.316 e.